The largest absolute Gasteiger partial charge is 0.470 e. The molecule has 0 amide bonds. The van der Waals surface area contributed by atoms with E-state index in [0.29, 0.717) is 5.82 Å². The molecule has 9 heteroatoms. The van der Waals surface area contributed by atoms with E-state index >= 15 is 0 Å². The zero-order chi connectivity index (χ0) is 22.1. The van der Waals surface area contributed by atoms with Gasteiger partial charge in [-0.3, -0.25) is 9.36 Å². The Hall–Kier alpha value is -2.91. The number of rotatable bonds is 5. The van der Waals surface area contributed by atoms with Gasteiger partial charge in [0.25, 0.3) is 5.56 Å². The maximum Gasteiger partial charge on any atom is 0.276 e. The molecule has 0 bridgehead atoms. The van der Waals surface area contributed by atoms with E-state index < -0.39 is 0 Å². The fourth-order valence-electron chi connectivity index (χ4n) is 3.28. The van der Waals surface area contributed by atoms with E-state index in [9.17, 15) is 4.79 Å². The van der Waals surface area contributed by atoms with Gasteiger partial charge in [0.2, 0.25) is 5.88 Å². The third-order valence-corrected chi connectivity index (χ3v) is 6.31. The maximum absolute atomic E-state index is 13.3. The highest BCUT2D eigenvalue weighted by Crippen LogP contribution is 2.27. The van der Waals surface area contributed by atoms with Gasteiger partial charge in [-0.05, 0) is 60.8 Å². The Labute approximate surface area is 192 Å². The standard InChI is InChI=1S/C22H20BrN5O2S/c1-12-5-6-16(20-13(2)8-24-11-25-20)7-18(12)28-14(3)26-21(19(23)22(28)29)30-9-17-10-31-15(4)27-17/h5-8,10-11H,9H2,1-4H3. The van der Waals surface area contributed by atoms with Crippen LogP contribution in [0.1, 0.15) is 27.7 Å². The van der Waals surface area contributed by atoms with E-state index in [1.165, 1.54) is 6.33 Å². The summed E-state index contributed by atoms with van der Waals surface area (Å²) in [6, 6.07) is 5.91. The fourth-order valence-corrected chi connectivity index (χ4v) is 4.26. The minimum Gasteiger partial charge on any atom is -0.470 e. The number of thiazole rings is 1. The lowest BCUT2D eigenvalue weighted by atomic mass is 10.0. The summed E-state index contributed by atoms with van der Waals surface area (Å²) >= 11 is 4.94. The molecule has 4 rings (SSSR count). The number of benzene rings is 1. The molecule has 0 saturated carbocycles. The molecule has 0 aliphatic heterocycles. The Kier molecular flexibility index (Phi) is 5.97. The number of hydrogen-bond donors (Lipinski definition) is 0. The van der Waals surface area contributed by atoms with Crippen LogP contribution in [0.2, 0.25) is 0 Å². The Morgan fingerprint density at radius 2 is 1.94 bits per heavy atom. The van der Waals surface area contributed by atoms with E-state index in [4.69, 9.17) is 4.74 Å². The Morgan fingerprint density at radius 3 is 2.65 bits per heavy atom. The molecule has 158 valence electrons. The Bertz CT molecular complexity index is 1330. The zero-order valence-electron chi connectivity index (χ0n) is 17.5. The molecule has 0 radical (unpaired) electrons. The molecule has 1 aromatic carbocycles. The van der Waals surface area contributed by atoms with Gasteiger partial charge < -0.3 is 4.74 Å². The SMILES string of the molecule is Cc1nc(COc2nc(C)n(-c3cc(-c4ncncc4C)ccc3C)c(=O)c2Br)cs1. The summed E-state index contributed by atoms with van der Waals surface area (Å²) in [6.07, 6.45) is 3.29. The third kappa shape index (κ3) is 4.28. The summed E-state index contributed by atoms with van der Waals surface area (Å²) in [5.74, 6) is 0.780. The van der Waals surface area contributed by atoms with Crippen LogP contribution >= 0.6 is 27.3 Å². The van der Waals surface area contributed by atoms with Crippen molar-refractivity contribution in [1.82, 2.24) is 24.5 Å². The Morgan fingerprint density at radius 1 is 1.13 bits per heavy atom. The molecule has 0 spiro atoms. The molecular formula is C22H20BrN5O2S. The van der Waals surface area contributed by atoms with Crippen LogP contribution in [0.4, 0.5) is 0 Å². The van der Waals surface area contributed by atoms with E-state index in [-0.39, 0.29) is 22.5 Å². The highest BCUT2D eigenvalue weighted by atomic mass is 79.9. The van der Waals surface area contributed by atoms with Crippen molar-refractivity contribution in [3.63, 3.8) is 0 Å². The van der Waals surface area contributed by atoms with Crippen molar-refractivity contribution in [2.24, 2.45) is 0 Å². The number of halogens is 1. The van der Waals surface area contributed by atoms with Crippen LogP contribution in [0.5, 0.6) is 5.88 Å². The van der Waals surface area contributed by atoms with Gasteiger partial charge in [0.05, 0.1) is 22.1 Å². The molecule has 3 aromatic heterocycles. The monoisotopic (exact) mass is 497 g/mol. The second kappa shape index (κ2) is 8.68. The highest BCUT2D eigenvalue weighted by molar-refractivity contribution is 9.10. The second-order valence-electron chi connectivity index (χ2n) is 7.12. The third-order valence-electron chi connectivity index (χ3n) is 4.81. The van der Waals surface area contributed by atoms with Crippen LogP contribution in [-0.4, -0.2) is 24.5 Å². The Balaban J connectivity index is 1.75. The number of aryl methyl sites for hydroxylation is 4. The summed E-state index contributed by atoms with van der Waals surface area (Å²) in [5, 5.41) is 2.90. The summed E-state index contributed by atoms with van der Waals surface area (Å²) < 4.78 is 7.64. The molecular weight excluding hydrogens is 478 g/mol. The fraction of sp³-hybridized carbons (Fsp3) is 0.227. The molecule has 0 atom stereocenters. The molecule has 0 fully saturated rings. The molecule has 0 aliphatic rings. The summed E-state index contributed by atoms with van der Waals surface area (Å²) in [4.78, 5) is 30.6. The number of hydrogen-bond acceptors (Lipinski definition) is 7. The number of aromatic nitrogens is 5. The van der Waals surface area contributed by atoms with E-state index in [2.05, 4.69) is 35.9 Å². The number of nitrogens with zero attached hydrogens (tertiary/aromatic N) is 5. The van der Waals surface area contributed by atoms with Crippen molar-refractivity contribution in [3.8, 4) is 22.8 Å². The van der Waals surface area contributed by atoms with Crippen molar-refractivity contribution < 1.29 is 4.74 Å². The van der Waals surface area contributed by atoms with Crippen LogP contribution in [0.15, 0.2) is 45.4 Å². The quantitative estimate of drug-likeness (QED) is 0.396. The smallest absolute Gasteiger partial charge is 0.276 e. The van der Waals surface area contributed by atoms with Crippen LogP contribution in [0, 0.1) is 27.7 Å². The zero-order valence-corrected chi connectivity index (χ0v) is 19.9. The van der Waals surface area contributed by atoms with Crippen molar-refractivity contribution in [2.75, 3.05) is 0 Å². The van der Waals surface area contributed by atoms with Gasteiger partial charge in [0, 0.05) is 17.1 Å². The average molecular weight is 498 g/mol. The van der Waals surface area contributed by atoms with Gasteiger partial charge in [0.15, 0.2) is 0 Å². The van der Waals surface area contributed by atoms with Crippen molar-refractivity contribution in [2.45, 2.75) is 34.3 Å². The average Bonchev–Trinajstić information content (AvgIpc) is 3.16. The summed E-state index contributed by atoms with van der Waals surface area (Å²) in [5.41, 5.74) is 4.95. The molecule has 3 heterocycles. The predicted octanol–water partition coefficient (Wildman–Crippen LogP) is 4.72. The molecule has 0 unspecified atom stereocenters. The first-order valence-corrected chi connectivity index (χ1v) is 11.2. The van der Waals surface area contributed by atoms with Crippen LogP contribution in [0.3, 0.4) is 0 Å². The van der Waals surface area contributed by atoms with E-state index in [1.54, 1.807) is 29.0 Å². The molecule has 7 nitrogen and oxygen atoms in total. The highest BCUT2D eigenvalue weighted by Gasteiger charge is 2.18. The molecule has 31 heavy (non-hydrogen) atoms. The van der Waals surface area contributed by atoms with Gasteiger partial charge in [-0.1, -0.05) is 12.1 Å². The first-order chi connectivity index (χ1) is 14.8. The van der Waals surface area contributed by atoms with E-state index in [0.717, 1.165) is 38.8 Å². The van der Waals surface area contributed by atoms with Crippen LogP contribution in [-0.2, 0) is 6.61 Å². The summed E-state index contributed by atoms with van der Waals surface area (Å²) in [7, 11) is 0. The lowest BCUT2D eigenvalue weighted by Crippen LogP contribution is -2.24. The van der Waals surface area contributed by atoms with Gasteiger partial charge >= 0.3 is 0 Å². The van der Waals surface area contributed by atoms with Gasteiger partial charge in [-0.2, -0.15) is 4.98 Å². The molecule has 0 saturated heterocycles. The molecule has 0 aliphatic carbocycles. The first kappa shape index (κ1) is 21.3. The van der Waals surface area contributed by atoms with Crippen molar-refractivity contribution in [3.05, 3.63) is 78.6 Å². The lowest BCUT2D eigenvalue weighted by Gasteiger charge is -2.16. The minimum atomic E-state index is -0.239. The lowest BCUT2D eigenvalue weighted by molar-refractivity contribution is 0.285. The van der Waals surface area contributed by atoms with Crippen LogP contribution < -0.4 is 10.3 Å². The molecule has 0 N–H and O–H groups in total. The van der Waals surface area contributed by atoms with E-state index in [1.807, 2.05) is 44.4 Å². The minimum absolute atomic E-state index is 0.239. The first-order valence-electron chi connectivity index (χ1n) is 9.56. The van der Waals surface area contributed by atoms with Crippen molar-refractivity contribution >= 4 is 27.3 Å². The van der Waals surface area contributed by atoms with Gasteiger partial charge in [-0.25, -0.2) is 15.0 Å². The normalized spacial score (nSPS) is 11.0. The second-order valence-corrected chi connectivity index (χ2v) is 8.98. The number of ether oxygens (including phenoxy) is 1. The van der Waals surface area contributed by atoms with Crippen molar-refractivity contribution in [1.29, 1.82) is 0 Å². The van der Waals surface area contributed by atoms with Crippen LogP contribution in [0.25, 0.3) is 16.9 Å². The maximum atomic E-state index is 13.3. The summed E-state index contributed by atoms with van der Waals surface area (Å²) in [6.45, 7) is 7.89. The van der Waals surface area contributed by atoms with Gasteiger partial charge in [-0.15, -0.1) is 11.3 Å². The predicted molar refractivity (Wildman–Crippen MR) is 124 cm³/mol. The topological polar surface area (TPSA) is 82.8 Å². The van der Waals surface area contributed by atoms with Gasteiger partial charge in [0.1, 0.15) is 23.2 Å². The molecule has 4 aromatic rings.